The average molecular weight is 300 g/mol. The van der Waals surface area contributed by atoms with Crippen LogP contribution in [0.4, 0.5) is 8.78 Å². The first-order valence-corrected chi connectivity index (χ1v) is 7.16. The van der Waals surface area contributed by atoms with Gasteiger partial charge >= 0.3 is 6.61 Å². The summed E-state index contributed by atoms with van der Waals surface area (Å²) in [4.78, 5) is 2.34. The summed E-state index contributed by atoms with van der Waals surface area (Å²) in [5, 5.41) is 0. The van der Waals surface area contributed by atoms with Crippen LogP contribution in [0, 0.1) is 5.92 Å². The fourth-order valence-corrected chi connectivity index (χ4v) is 2.75. The first kappa shape index (κ1) is 16.0. The van der Waals surface area contributed by atoms with Crippen LogP contribution >= 0.6 is 0 Å². The van der Waals surface area contributed by atoms with Crippen molar-refractivity contribution < 1.29 is 18.3 Å². The first-order chi connectivity index (χ1) is 10.1. The number of nitrogens with two attached hydrogens (primary N) is 1. The van der Waals surface area contributed by atoms with Crippen LogP contribution in [-0.2, 0) is 6.54 Å². The predicted molar refractivity (Wildman–Crippen MR) is 76.7 cm³/mol. The standard InChI is InChI=1S/C15H22F2N2O2/c1-20-14-7-11(4-5-13(14)21-15(16)17)9-19-6-2-3-12(8-18)10-19/h4-5,7,12,15H,2-3,6,8-10,18H2,1H3. The molecule has 0 amide bonds. The molecule has 1 saturated heterocycles. The Kier molecular flexibility index (Phi) is 5.76. The third kappa shape index (κ3) is 4.54. The van der Waals surface area contributed by atoms with Crippen LogP contribution in [0.2, 0.25) is 0 Å². The van der Waals surface area contributed by atoms with Crippen LogP contribution < -0.4 is 15.2 Å². The Bertz CT molecular complexity index is 457. The summed E-state index contributed by atoms with van der Waals surface area (Å²) in [7, 11) is 1.45. The van der Waals surface area contributed by atoms with Gasteiger partial charge in [-0.1, -0.05) is 6.07 Å². The second kappa shape index (κ2) is 7.56. The second-order valence-electron chi connectivity index (χ2n) is 5.34. The monoisotopic (exact) mass is 300 g/mol. The van der Waals surface area contributed by atoms with E-state index in [0.717, 1.165) is 31.6 Å². The highest BCUT2D eigenvalue weighted by Crippen LogP contribution is 2.30. The molecule has 21 heavy (non-hydrogen) atoms. The van der Waals surface area contributed by atoms with E-state index in [1.807, 2.05) is 0 Å². The van der Waals surface area contributed by atoms with Gasteiger partial charge in [0.15, 0.2) is 11.5 Å². The van der Waals surface area contributed by atoms with Gasteiger partial charge in [-0.05, 0) is 49.5 Å². The number of hydrogen-bond acceptors (Lipinski definition) is 4. The average Bonchev–Trinajstić information content (AvgIpc) is 2.48. The summed E-state index contributed by atoms with van der Waals surface area (Å²) in [5.41, 5.74) is 6.76. The fraction of sp³-hybridized carbons (Fsp3) is 0.600. The molecule has 2 N–H and O–H groups in total. The molecule has 1 aliphatic heterocycles. The highest BCUT2D eigenvalue weighted by atomic mass is 19.3. The Morgan fingerprint density at radius 2 is 2.19 bits per heavy atom. The minimum atomic E-state index is -2.85. The lowest BCUT2D eigenvalue weighted by Crippen LogP contribution is -2.37. The summed E-state index contributed by atoms with van der Waals surface area (Å²) >= 11 is 0. The molecule has 0 bridgehead atoms. The molecule has 1 atom stereocenters. The van der Waals surface area contributed by atoms with Gasteiger partial charge in [-0.2, -0.15) is 8.78 Å². The van der Waals surface area contributed by atoms with E-state index in [2.05, 4.69) is 9.64 Å². The summed E-state index contributed by atoms with van der Waals surface area (Å²) in [6.45, 7) is 0.641. The van der Waals surface area contributed by atoms with E-state index in [1.165, 1.54) is 19.6 Å². The van der Waals surface area contributed by atoms with E-state index >= 15 is 0 Å². The maximum Gasteiger partial charge on any atom is 0.387 e. The molecule has 1 aliphatic rings. The maximum atomic E-state index is 12.3. The Labute approximate surface area is 123 Å². The zero-order valence-corrected chi connectivity index (χ0v) is 12.2. The van der Waals surface area contributed by atoms with Crippen LogP contribution in [-0.4, -0.2) is 38.3 Å². The molecule has 1 heterocycles. The molecule has 4 nitrogen and oxygen atoms in total. The number of nitrogens with zero attached hydrogens (tertiary/aromatic N) is 1. The Morgan fingerprint density at radius 1 is 1.38 bits per heavy atom. The van der Waals surface area contributed by atoms with Crippen LogP contribution in [0.15, 0.2) is 18.2 Å². The Morgan fingerprint density at radius 3 is 2.86 bits per heavy atom. The minimum Gasteiger partial charge on any atom is -0.493 e. The van der Waals surface area contributed by atoms with Gasteiger partial charge in [-0.25, -0.2) is 0 Å². The summed E-state index contributed by atoms with van der Waals surface area (Å²) < 4.78 is 34.1. The summed E-state index contributed by atoms with van der Waals surface area (Å²) in [6.07, 6.45) is 2.32. The molecule has 1 aromatic rings. The number of likely N-dealkylation sites (tertiary alicyclic amines) is 1. The Hall–Kier alpha value is -1.40. The van der Waals surface area contributed by atoms with Crippen molar-refractivity contribution in [3.05, 3.63) is 23.8 Å². The van der Waals surface area contributed by atoms with Gasteiger partial charge < -0.3 is 15.2 Å². The molecule has 0 spiro atoms. The lowest BCUT2D eigenvalue weighted by Gasteiger charge is -2.32. The van der Waals surface area contributed by atoms with Gasteiger partial charge in [0.2, 0.25) is 0 Å². The maximum absolute atomic E-state index is 12.3. The normalized spacial score (nSPS) is 19.8. The smallest absolute Gasteiger partial charge is 0.387 e. The second-order valence-corrected chi connectivity index (χ2v) is 5.34. The predicted octanol–water partition coefficient (Wildman–Crippen LogP) is 2.47. The highest BCUT2D eigenvalue weighted by Gasteiger charge is 2.19. The number of alkyl halides is 2. The van der Waals surface area contributed by atoms with Gasteiger partial charge in [0, 0.05) is 13.1 Å². The topological polar surface area (TPSA) is 47.7 Å². The third-order valence-corrected chi connectivity index (χ3v) is 3.79. The molecule has 0 aromatic heterocycles. The molecule has 1 unspecified atom stereocenters. The number of rotatable bonds is 6. The zero-order chi connectivity index (χ0) is 15.2. The van der Waals surface area contributed by atoms with Gasteiger partial charge in [0.1, 0.15) is 0 Å². The minimum absolute atomic E-state index is 0.0646. The number of benzene rings is 1. The van der Waals surface area contributed by atoms with E-state index in [-0.39, 0.29) is 5.75 Å². The number of hydrogen-bond donors (Lipinski definition) is 1. The van der Waals surface area contributed by atoms with Crippen molar-refractivity contribution in [1.82, 2.24) is 4.90 Å². The van der Waals surface area contributed by atoms with E-state index in [0.29, 0.717) is 18.2 Å². The van der Waals surface area contributed by atoms with E-state index < -0.39 is 6.61 Å². The summed E-state index contributed by atoms with van der Waals surface area (Å²) in [5.74, 6) is 0.942. The van der Waals surface area contributed by atoms with E-state index in [9.17, 15) is 8.78 Å². The van der Waals surface area contributed by atoms with Gasteiger partial charge in [-0.15, -0.1) is 0 Å². The first-order valence-electron chi connectivity index (χ1n) is 7.16. The molecule has 0 radical (unpaired) electrons. The molecule has 1 fully saturated rings. The number of ether oxygens (including phenoxy) is 2. The van der Waals surface area contributed by atoms with Crippen molar-refractivity contribution in [3.63, 3.8) is 0 Å². The molecular formula is C15H22F2N2O2. The van der Waals surface area contributed by atoms with Crippen LogP contribution in [0.1, 0.15) is 18.4 Å². The van der Waals surface area contributed by atoms with Crippen molar-refractivity contribution in [2.75, 3.05) is 26.7 Å². The van der Waals surface area contributed by atoms with Crippen LogP contribution in [0.5, 0.6) is 11.5 Å². The van der Waals surface area contributed by atoms with Gasteiger partial charge in [-0.3, -0.25) is 4.90 Å². The molecule has 1 aromatic carbocycles. The van der Waals surface area contributed by atoms with Crippen molar-refractivity contribution in [2.45, 2.75) is 26.0 Å². The Balaban J connectivity index is 2.03. The zero-order valence-electron chi connectivity index (χ0n) is 12.2. The highest BCUT2D eigenvalue weighted by molar-refractivity contribution is 5.43. The van der Waals surface area contributed by atoms with Gasteiger partial charge in [0.25, 0.3) is 0 Å². The fourth-order valence-electron chi connectivity index (χ4n) is 2.75. The molecule has 2 rings (SSSR count). The van der Waals surface area contributed by atoms with Crippen molar-refractivity contribution in [3.8, 4) is 11.5 Å². The van der Waals surface area contributed by atoms with Crippen molar-refractivity contribution in [1.29, 1.82) is 0 Å². The lowest BCUT2D eigenvalue weighted by atomic mass is 9.98. The molecule has 118 valence electrons. The number of piperidine rings is 1. The molecular weight excluding hydrogens is 278 g/mol. The van der Waals surface area contributed by atoms with Crippen molar-refractivity contribution >= 4 is 0 Å². The SMILES string of the molecule is COc1cc(CN2CCCC(CN)C2)ccc1OC(F)F. The van der Waals surface area contributed by atoms with Crippen LogP contribution in [0.3, 0.4) is 0 Å². The molecule has 0 saturated carbocycles. The van der Waals surface area contributed by atoms with Crippen molar-refractivity contribution in [2.24, 2.45) is 11.7 Å². The quantitative estimate of drug-likeness (QED) is 0.877. The lowest BCUT2D eigenvalue weighted by molar-refractivity contribution is -0.0512. The third-order valence-electron chi connectivity index (χ3n) is 3.79. The molecule has 0 aliphatic carbocycles. The largest absolute Gasteiger partial charge is 0.493 e. The number of methoxy groups -OCH3 is 1. The summed E-state index contributed by atoms with van der Waals surface area (Å²) in [6, 6.07) is 5.08. The van der Waals surface area contributed by atoms with E-state index in [1.54, 1.807) is 12.1 Å². The van der Waals surface area contributed by atoms with Crippen LogP contribution in [0.25, 0.3) is 0 Å². The number of halogens is 2. The molecule has 6 heteroatoms. The van der Waals surface area contributed by atoms with E-state index in [4.69, 9.17) is 10.5 Å². The van der Waals surface area contributed by atoms with Gasteiger partial charge in [0.05, 0.1) is 7.11 Å².